The number of amides is 2. The van der Waals surface area contributed by atoms with Crippen molar-refractivity contribution in [3.8, 4) is 11.3 Å². The molecule has 170 valence electrons. The molecule has 1 aromatic carbocycles. The summed E-state index contributed by atoms with van der Waals surface area (Å²) < 4.78 is 5.70. The Balaban J connectivity index is 1.38. The lowest BCUT2D eigenvalue weighted by molar-refractivity contribution is -0.141. The van der Waals surface area contributed by atoms with Crippen LogP contribution in [0.3, 0.4) is 0 Å². The van der Waals surface area contributed by atoms with Gasteiger partial charge in [-0.3, -0.25) is 9.59 Å². The lowest BCUT2D eigenvalue weighted by Gasteiger charge is -2.35. The largest absolute Gasteiger partial charge is 0.361 e. The monoisotopic (exact) mass is 435 g/mol. The Morgan fingerprint density at radius 1 is 0.969 bits per heavy atom. The predicted molar refractivity (Wildman–Crippen MR) is 122 cm³/mol. The van der Waals surface area contributed by atoms with E-state index in [2.05, 4.69) is 10.1 Å². The third-order valence-corrected chi connectivity index (χ3v) is 8.03. The van der Waals surface area contributed by atoms with Crippen LogP contribution in [0.4, 0.5) is 0 Å². The minimum atomic E-state index is -0.626. The quantitative estimate of drug-likeness (QED) is 0.718. The van der Waals surface area contributed by atoms with E-state index in [1.807, 2.05) is 41.3 Å². The molecule has 1 saturated carbocycles. The van der Waals surface area contributed by atoms with Gasteiger partial charge >= 0.3 is 0 Å². The molecule has 1 aliphatic carbocycles. The molecule has 3 aliphatic rings. The van der Waals surface area contributed by atoms with Crippen molar-refractivity contribution < 1.29 is 14.1 Å². The molecule has 1 spiro atoms. The zero-order valence-corrected chi connectivity index (χ0v) is 19.0. The van der Waals surface area contributed by atoms with E-state index in [4.69, 9.17) is 4.52 Å². The first kappa shape index (κ1) is 21.2. The molecule has 3 heterocycles. The first-order valence-electron chi connectivity index (χ1n) is 12.0. The van der Waals surface area contributed by atoms with E-state index in [1.165, 1.54) is 32.1 Å². The third-order valence-electron chi connectivity index (χ3n) is 8.03. The molecule has 2 amide bonds. The lowest BCUT2D eigenvalue weighted by Crippen LogP contribution is -2.47. The Labute approximate surface area is 189 Å². The highest BCUT2D eigenvalue weighted by molar-refractivity contribution is 5.85. The summed E-state index contributed by atoms with van der Waals surface area (Å²) in [6, 6.07) is 11.9. The molecule has 1 aromatic heterocycles. The number of benzene rings is 1. The van der Waals surface area contributed by atoms with Crippen LogP contribution in [0, 0.1) is 10.8 Å². The highest BCUT2D eigenvalue weighted by Gasteiger charge is 2.51. The molecule has 3 fully saturated rings. The fourth-order valence-corrected chi connectivity index (χ4v) is 6.16. The summed E-state index contributed by atoms with van der Waals surface area (Å²) in [7, 11) is 0. The third kappa shape index (κ3) is 3.96. The molecule has 0 bridgehead atoms. The van der Waals surface area contributed by atoms with Crippen LogP contribution in [0.15, 0.2) is 40.9 Å². The summed E-state index contributed by atoms with van der Waals surface area (Å²) in [6.45, 7) is 4.40. The smallest absolute Gasteiger partial charge is 0.231 e. The van der Waals surface area contributed by atoms with Gasteiger partial charge in [0, 0.05) is 51.2 Å². The second-order valence-corrected chi connectivity index (χ2v) is 10.2. The fraction of sp³-hybridized carbons (Fsp3) is 0.577. The summed E-state index contributed by atoms with van der Waals surface area (Å²) in [5.74, 6) is 0.947. The maximum Gasteiger partial charge on any atom is 0.231 e. The van der Waals surface area contributed by atoms with Crippen LogP contribution in [0.25, 0.3) is 11.3 Å². The van der Waals surface area contributed by atoms with E-state index in [0.717, 1.165) is 30.8 Å². The van der Waals surface area contributed by atoms with E-state index in [0.29, 0.717) is 37.1 Å². The molecule has 2 aromatic rings. The van der Waals surface area contributed by atoms with Crippen molar-refractivity contribution >= 4 is 11.8 Å². The Kier molecular flexibility index (Phi) is 5.56. The second kappa shape index (κ2) is 8.38. The van der Waals surface area contributed by atoms with Crippen LogP contribution in [-0.4, -0.2) is 52.9 Å². The van der Waals surface area contributed by atoms with E-state index in [1.54, 1.807) is 6.92 Å². The lowest BCUT2D eigenvalue weighted by atomic mass is 9.73. The number of nitrogens with zero attached hydrogens (tertiary/aromatic N) is 3. The van der Waals surface area contributed by atoms with Crippen LogP contribution < -0.4 is 0 Å². The SMILES string of the molecule is CC(=O)N1CC[C@@](Cc2cc(-c3ccccc3)no2)(C(=O)N2CCC3(CCCCC3)C2)C1. The van der Waals surface area contributed by atoms with Crippen LogP contribution in [-0.2, 0) is 16.0 Å². The minimum Gasteiger partial charge on any atom is -0.361 e. The van der Waals surface area contributed by atoms with Gasteiger partial charge in [0.05, 0.1) is 5.41 Å². The van der Waals surface area contributed by atoms with Crippen LogP contribution >= 0.6 is 0 Å². The number of hydrogen-bond donors (Lipinski definition) is 0. The Morgan fingerprint density at radius 2 is 1.72 bits per heavy atom. The summed E-state index contributed by atoms with van der Waals surface area (Å²) in [5, 5.41) is 4.26. The molecular weight excluding hydrogens is 402 g/mol. The Bertz CT molecular complexity index is 979. The molecule has 32 heavy (non-hydrogen) atoms. The molecule has 1 atom stereocenters. The van der Waals surface area contributed by atoms with Crippen LogP contribution in [0.2, 0.25) is 0 Å². The predicted octanol–water partition coefficient (Wildman–Crippen LogP) is 4.31. The Morgan fingerprint density at radius 3 is 2.44 bits per heavy atom. The van der Waals surface area contributed by atoms with Gasteiger partial charge in [-0.15, -0.1) is 0 Å². The van der Waals surface area contributed by atoms with Gasteiger partial charge < -0.3 is 14.3 Å². The van der Waals surface area contributed by atoms with Crippen LogP contribution in [0.1, 0.15) is 57.6 Å². The first-order chi connectivity index (χ1) is 15.5. The molecule has 5 rings (SSSR count). The number of aromatic nitrogens is 1. The molecule has 0 N–H and O–H groups in total. The highest BCUT2D eigenvalue weighted by atomic mass is 16.5. The zero-order valence-electron chi connectivity index (χ0n) is 19.0. The number of carbonyl (C=O) groups excluding carboxylic acids is 2. The average molecular weight is 436 g/mol. The second-order valence-electron chi connectivity index (χ2n) is 10.2. The van der Waals surface area contributed by atoms with Crippen molar-refractivity contribution in [2.24, 2.45) is 10.8 Å². The van der Waals surface area contributed by atoms with Crippen molar-refractivity contribution in [3.63, 3.8) is 0 Å². The topological polar surface area (TPSA) is 66.7 Å². The maximum atomic E-state index is 14.0. The molecule has 6 heteroatoms. The number of carbonyl (C=O) groups is 2. The van der Waals surface area contributed by atoms with E-state index >= 15 is 0 Å². The molecular formula is C26H33N3O3. The Hall–Kier alpha value is -2.63. The van der Waals surface area contributed by atoms with Gasteiger partial charge in [0.1, 0.15) is 11.5 Å². The molecule has 2 saturated heterocycles. The summed E-state index contributed by atoms with van der Waals surface area (Å²) >= 11 is 0. The summed E-state index contributed by atoms with van der Waals surface area (Å²) in [5.41, 5.74) is 1.48. The standard InChI is InChI=1S/C26H33N3O3/c1-20(30)28-15-13-26(19-28,17-22-16-23(27-32-22)21-8-4-2-5-9-21)24(31)29-14-12-25(18-29)10-6-3-7-11-25/h2,4-5,8-9,16H,3,6-7,10-15,17-19H2,1H3/t26-/m0/s1. The first-order valence-corrected chi connectivity index (χ1v) is 12.0. The number of hydrogen-bond acceptors (Lipinski definition) is 4. The molecule has 0 radical (unpaired) electrons. The van der Waals surface area contributed by atoms with Gasteiger partial charge in [-0.2, -0.15) is 0 Å². The van der Waals surface area contributed by atoms with Gasteiger partial charge in [0.2, 0.25) is 11.8 Å². The van der Waals surface area contributed by atoms with Crippen molar-refractivity contribution in [1.29, 1.82) is 0 Å². The van der Waals surface area contributed by atoms with E-state index < -0.39 is 5.41 Å². The number of rotatable bonds is 4. The van der Waals surface area contributed by atoms with E-state index in [9.17, 15) is 9.59 Å². The average Bonchev–Trinajstić information content (AvgIpc) is 3.55. The molecule has 0 unspecified atom stereocenters. The van der Waals surface area contributed by atoms with Gasteiger partial charge in [0.25, 0.3) is 0 Å². The summed E-state index contributed by atoms with van der Waals surface area (Å²) in [6.07, 6.45) is 8.65. The number of likely N-dealkylation sites (tertiary alicyclic amines) is 2. The van der Waals surface area contributed by atoms with Crippen molar-refractivity contribution in [2.75, 3.05) is 26.2 Å². The van der Waals surface area contributed by atoms with Gasteiger partial charge in [-0.25, -0.2) is 0 Å². The molecule has 6 nitrogen and oxygen atoms in total. The highest BCUT2D eigenvalue weighted by Crippen LogP contribution is 2.46. The van der Waals surface area contributed by atoms with Crippen LogP contribution in [0.5, 0.6) is 0 Å². The van der Waals surface area contributed by atoms with E-state index in [-0.39, 0.29) is 11.8 Å². The summed E-state index contributed by atoms with van der Waals surface area (Å²) in [4.78, 5) is 30.0. The van der Waals surface area contributed by atoms with Crippen molar-refractivity contribution in [2.45, 2.75) is 58.3 Å². The maximum absolute atomic E-state index is 14.0. The van der Waals surface area contributed by atoms with Gasteiger partial charge in [-0.05, 0) is 31.1 Å². The van der Waals surface area contributed by atoms with Crippen molar-refractivity contribution in [3.05, 3.63) is 42.2 Å². The van der Waals surface area contributed by atoms with Gasteiger partial charge in [-0.1, -0.05) is 54.8 Å². The zero-order chi connectivity index (χ0) is 22.2. The van der Waals surface area contributed by atoms with Crippen molar-refractivity contribution in [1.82, 2.24) is 15.0 Å². The van der Waals surface area contributed by atoms with Gasteiger partial charge in [0.15, 0.2) is 0 Å². The molecule has 2 aliphatic heterocycles. The fourth-order valence-electron chi connectivity index (χ4n) is 6.16. The minimum absolute atomic E-state index is 0.0346. The normalized spacial score (nSPS) is 24.9.